The smallest absolute Gasteiger partial charge is 0.411 e. The molecule has 0 spiro atoms. The van der Waals surface area contributed by atoms with Crippen molar-refractivity contribution in [2.24, 2.45) is 7.05 Å². The molecule has 4 rings (SSSR count). The van der Waals surface area contributed by atoms with E-state index in [-0.39, 0.29) is 12.0 Å². The highest BCUT2D eigenvalue weighted by Gasteiger charge is 2.21. The Balaban J connectivity index is 1.71. The Kier molecular flexibility index (Phi) is 6.50. The molecule has 1 saturated heterocycles. The quantitative estimate of drug-likeness (QED) is 0.602. The van der Waals surface area contributed by atoms with Gasteiger partial charge < -0.3 is 15.0 Å². The number of carbonyl (C=O) groups is 1. The van der Waals surface area contributed by atoms with Crippen LogP contribution in [-0.4, -0.2) is 58.4 Å². The Morgan fingerprint density at radius 3 is 2.78 bits per heavy atom. The van der Waals surface area contributed by atoms with E-state index < -0.39 is 6.09 Å². The fourth-order valence-electron chi connectivity index (χ4n) is 3.79. The summed E-state index contributed by atoms with van der Waals surface area (Å²) in [6.07, 6.45) is 4.99. The molecule has 1 fully saturated rings. The van der Waals surface area contributed by atoms with Crippen LogP contribution in [0.1, 0.15) is 18.2 Å². The lowest BCUT2D eigenvalue weighted by atomic mass is 10.0. The summed E-state index contributed by atoms with van der Waals surface area (Å²) in [5.41, 5.74) is 3.51. The molecule has 2 N–H and O–H groups in total. The van der Waals surface area contributed by atoms with Gasteiger partial charge in [-0.05, 0) is 18.6 Å². The van der Waals surface area contributed by atoms with Gasteiger partial charge in [0, 0.05) is 51.9 Å². The van der Waals surface area contributed by atoms with E-state index in [0.29, 0.717) is 17.8 Å². The highest BCUT2D eigenvalue weighted by atomic mass is 16.5. The van der Waals surface area contributed by atoms with E-state index in [0.717, 1.165) is 43.1 Å². The number of para-hydroxylation sites is 1. The fraction of sp³-hybridized carbons (Fsp3) is 0.364. The third kappa shape index (κ3) is 4.80. The second-order valence-electron chi connectivity index (χ2n) is 7.52. The first-order valence-electron chi connectivity index (χ1n) is 10.6. The van der Waals surface area contributed by atoms with Gasteiger partial charge in [0.2, 0.25) is 5.43 Å². The third-order valence-electron chi connectivity index (χ3n) is 5.26. The van der Waals surface area contributed by atoms with Gasteiger partial charge in [-0.3, -0.25) is 14.8 Å². The van der Waals surface area contributed by atoms with Crippen LogP contribution in [-0.2, 0) is 18.2 Å². The standard InChI is InChI=1S/C22H27N7O3/c1-3-32-22(31)25-18-6-4-5-16(21(18)28-11-8-23-9-12-28)13-19-20(30)7-10-29(26-19)17-14-24-27(2)15-17/h4-7,10,14-15,23H,3,8-9,11-13H2,1-2H3,(H,25,31). The van der Waals surface area contributed by atoms with Crippen LogP contribution in [0.2, 0.25) is 0 Å². The maximum atomic E-state index is 12.6. The molecule has 3 aromatic rings. The molecular weight excluding hydrogens is 410 g/mol. The van der Waals surface area contributed by atoms with E-state index in [9.17, 15) is 9.59 Å². The first-order chi connectivity index (χ1) is 15.5. The number of anilines is 2. The highest BCUT2D eigenvalue weighted by Crippen LogP contribution is 2.32. The Morgan fingerprint density at radius 1 is 1.25 bits per heavy atom. The molecule has 32 heavy (non-hydrogen) atoms. The second-order valence-corrected chi connectivity index (χ2v) is 7.52. The van der Waals surface area contributed by atoms with Gasteiger partial charge in [0.05, 0.1) is 30.4 Å². The summed E-state index contributed by atoms with van der Waals surface area (Å²) in [6, 6.07) is 7.20. The van der Waals surface area contributed by atoms with Gasteiger partial charge in [-0.1, -0.05) is 12.1 Å². The zero-order chi connectivity index (χ0) is 22.5. The van der Waals surface area contributed by atoms with Crippen LogP contribution in [0.25, 0.3) is 5.69 Å². The maximum absolute atomic E-state index is 12.6. The minimum atomic E-state index is -0.502. The first-order valence-corrected chi connectivity index (χ1v) is 10.6. The lowest BCUT2D eigenvalue weighted by Gasteiger charge is -2.32. The summed E-state index contributed by atoms with van der Waals surface area (Å²) in [6.45, 7) is 5.31. The van der Waals surface area contributed by atoms with E-state index in [1.807, 2.05) is 31.4 Å². The number of aromatic nitrogens is 4. The first kappa shape index (κ1) is 21.6. The predicted octanol–water partition coefficient (Wildman–Crippen LogP) is 1.53. The van der Waals surface area contributed by atoms with Crippen LogP contribution in [0.5, 0.6) is 0 Å². The molecule has 0 radical (unpaired) electrons. The number of ether oxygens (including phenoxy) is 1. The van der Waals surface area contributed by atoms with Gasteiger partial charge in [-0.2, -0.15) is 10.2 Å². The van der Waals surface area contributed by atoms with E-state index in [2.05, 4.69) is 25.7 Å². The number of carbonyl (C=O) groups excluding carboxylic acids is 1. The van der Waals surface area contributed by atoms with Crippen LogP contribution in [0.3, 0.4) is 0 Å². The van der Waals surface area contributed by atoms with Crippen molar-refractivity contribution in [2.75, 3.05) is 43.0 Å². The summed E-state index contributed by atoms with van der Waals surface area (Å²) in [5.74, 6) is 0. The van der Waals surface area contributed by atoms with Crippen molar-refractivity contribution < 1.29 is 9.53 Å². The summed E-state index contributed by atoms with van der Waals surface area (Å²) < 4.78 is 8.41. The average Bonchev–Trinajstić information content (AvgIpc) is 3.22. The molecule has 1 aliphatic rings. The Labute approximate surface area is 185 Å². The molecule has 1 aliphatic heterocycles. The minimum absolute atomic E-state index is 0.139. The van der Waals surface area contributed by atoms with Crippen LogP contribution in [0.4, 0.5) is 16.2 Å². The lowest BCUT2D eigenvalue weighted by Crippen LogP contribution is -2.44. The number of amides is 1. The van der Waals surface area contributed by atoms with E-state index >= 15 is 0 Å². The van der Waals surface area contributed by atoms with E-state index in [1.54, 1.807) is 28.7 Å². The molecule has 0 saturated carbocycles. The average molecular weight is 438 g/mol. The molecule has 0 bridgehead atoms. The van der Waals surface area contributed by atoms with Crippen LogP contribution < -0.4 is 21.0 Å². The molecule has 10 nitrogen and oxygen atoms in total. The number of hydrogen-bond donors (Lipinski definition) is 2. The molecule has 2 aromatic heterocycles. The zero-order valence-corrected chi connectivity index (χ0v) is 18.2. The van der Waals surface area contributed by atoms with Crippen LogP contribution in [0.15, 0.2) is 47.7 Å². The van der Waals surface area contributed by atoms with Crippen molar-refractivity contribution in [1.82, 2.24) is 24.9 Å². The van der Waals surface area contributed by atoms with Gasteiger partial charge in [0.1, 0.15) is 11.4 Å². The van der Waals surface area contributed by atoms with Crippen molar-refractivity contribution in [3.8, 4) is 5.69 Å². The van der Waals surface area contributed by atoms with Gasteiger partial charge >= 0.3 is 6.09 Å². The normalized spacial score (nSPS) is 13.8. The number of rotatable bonds is 6. The zero-order valence-electron chi connectivity index (χ0n) is 18.2. The van der Waals surface area contributed by atoms with Crippen LogP contribution >= 0.6 is 0 Å². The molecular formula is C22H27N7O3. The van der Waals surface area contributed by atoms with Crippen molar-refractivity contribution >= 4 is 17.5 Å². The molecule has 0 unspecified atom stereocenters. The second kappa shape index (κ2) is 9.65. The topological polar surface area (TPSA) is 106 Å². The molecule has 3 heterocycles. The number of aryl methyl sites for hydroxylation is 1. The van der Waals surface area contributed by atoms with Crippen molar-refractivity contribution in [2.45, 2.75) is 13.3 Å². The SMILES string of the molecule is CCOC(=O)Nc1cccc(Cc2nn(-c3cnn(C)c3)ccc2=O)c1N1CCNCC1. The van der Waals surface area contributed by atoms with Crippen molar-refractivity contribution in [3.05, 3.63) is 64.3 Å². The molecule has 1 aromatic carbocycles. The Hall–Kier alpha value is -3.66. The van der Waals surface area contributed by atoms with Gasteiger partial charge in [-0.25, -0.2) is 9.48 Å². The summed E-state index contributed by atoms with van der Waals surface area (Å²) in [5, 5.41) is 14.9. The lowest BCUT2D eigenvalue weighted by molar-refractivity contribution is 0.168. The van der Waals surface area contributed by atoms with E-state index in [1.165, 1.54) is 6.07 Å². The summed E-state index contributed by atoms with van der Waals surface area (Å²) in [7, 11) is 1.83. The Morgan fingerprint density at radius 2 is 2.06 bits per heavy atom. The number of piperazine rings is 1. The number of hydrogen-bond acceptors (Lipinski definition) is 7. The summed E-state index contributed by atoms with van der Waals surface area (Å²) >= 11 is 0. The highest BCUT2D eigenvalue weighted by molar-refractivity contribution is 5.90. The number of nitrogens with zero attached hydrogens (tertiary/aromatic N) is 5. The maximum Gasteiger partial charge on any atom is 0.411 e. The van der Waals surface area contributed by atoms with Crippen molar-refractivity contribution in [1.29, 1.82) is 0 Å². The predicted molar refractivity (Wildman–Crippen MR) is 122 cm³/mol. The van der Waals surface area contributed by atoms with Gasteiger partial charge in [0.25, 0.3) is 0 Å². The van der Waals surface area contributed by atoms with Crippen molar-refractivity contribution in [3.63, 3.8) is 0 Å². The third-order valence-corrected chi connectivity index (χ3v) is 5.26. The fourth-order valence-corrected chi connectivity index (χ4v) is 3.79. The Bertz CT molecular complexity index is 1150. The molecule has 10 heteroatoms. The molecule has 168 valence electrons. The van der Waals surface area contributed by atoms with Gasteiger partial charge in [0.15, 0.2) is 0 Å². The molecule has 0 atom stereocenters. The number of nitrogens with one attached hydrogen (secondary N) is 2. The minimum Gasteiger partial charge on any atom is -0.450 e. The molecule has 0 aliphatic carbocycles. The van der Waals surface area contributed by atoms with E-state index in [4.69, 9.17) is 4.74 Å². The van der Waals surface area contributed by atoms with Gasteiger partial charge in [-0.15, -0.1) is 0 Å². The number of benzene rings is 1. The molecule has 1 amide bonds. The summed E-state index contributed by atoms with van der Waals surface area (Å²) in [4.78, 5) is 27.0. The monoisotopic (exact) mass is 437 g/mol. The largest absolute Gasteiger partial charge is 0.450 e. The van der Waals surface area contributed by atoms with Crippen LogP contribution in [0, 0.1) is 0 Å².